The van der Waals surface area contributed by atoms with Gasteiger partial charge >= 0.3 is 0 Å². The summed E-state index contributed by atoms with van der Waals surface area (Å²) in [5.74, 6) is 0. The van der Waals surface area contributed by atoms with Crippen LogP contribution in [0.2, 0.25) is 0 Å². The van der Waals surface area contributed by atoms with Gasteiger partial charge in [-0.1, -0.05) is 24.3 Å². The van der Waals surface area contributed by atoms with E-state index in [4.69, 9.17) is 5.26 Å². The molecule has 1 fully saturated rings. The predicted octanol–water partition coefficient (Wildman–Crippen LogP) is 4.98. The maximum atomic E-state index is 13.5. The molecule has 0 spiro atoms. The smallest absolute Gasteiger partial charge is 0.262 e. The highest BCUT2D eigenvalue weighted by atomic mass is 16.1. The molecule has 170 valence electrons. The number of anilines is 1. The largest absolute Gasteiger partial charge is 0.369 e. The van der Waals surface area contributed by atoms with E-state index in [2.05, 4.69) is 42.0 Å². The minimum Gasteiger partial charge on any atom is -0.369 e. The first-order chi connectivity index (χ1) is 16.5. The fourth-order valence-electron chi connectivity index (χ4n) is 4.87. The minimum atomic E-state index is -0.0305. The zero-order valence-corrected chi connectivity index (χ0v) is 19.8. The Morgan fingerprint density at radius 1 is 0.941 bits per heavy atom. The van der Waals surface area contributed by atoms with Crippen molar-refractivity contribution in [3.05, 3.63) is 94.4 Å². The van der Waals surface area contributed by atoms with Crippen molar-refractivity contribution in [2.75, 3.05) is 31.6 Å². The summed E-state index contributed by atoms with van der Waals surface area (Å²) in [5, 5.41) is 10.8. The molecule has 0 radical (unpaired) electrons. The van der Waals surface area contributed by atoms with Crippen LogP contribution in [-0.4, -0.2) is 42.2 Å². The van der Waals surface area contributed by atoms with Gasteiger partial charge in [0.2, 0.25) is 0 Å². The Bertz CT molecular complexity index is 1450. The van der Waals surface area contributed by atoms with Gasteiger partial charge in [0.25, 0.3) is 5.56 Å². The lowest BCUT2D eigenvalue weighted by molar-refractivity contribution is 0.234. The van der Waals surface area contributed by atoms with Gasteiger partial charge in [-0.25, -0.2) is 0 Å². The van der Waals surface area contributed by atoms with Crippen LogP contribution < -0.4 is 10.5 Å². The molecule has 2 heterocycles. The van der Waals surface area contributed by atoms with E-state index in [0.717, 1.165) is 47.4 Å². The molecule has 0 amide bonds. The second-order valence-corrected chi connectivity index (χ2v) is 9.20. The number of aromatic nitrogens is 1. The van der Waals surface area contributed by atoms with E-state index in [1.165, 1.54) is 5.69 Å². The summed E-state index contributed by atoms with van der Waals surface area (Å²) in [6.07, 6.45) is 1.94. The number of pyridine rings is 1. The van der Waals surface area contributed by atoms with E-state index < -0.39 is 0 Å². The Hall–Kier alpha value is -3.88. The lowest BCUT2D eigenvalue weighted by atomic mass is 9.96. The zero-order chi connectivity index (χ0) is 23.8. The number of aryl methyl sites for hydroxylation is 1. The van der Waals surface area contributed by atoms with Crippen molar-refractivity contribution in [1.82, 2.24) is 9.47 Å². The SMILES string of the molecule is Cc1cn(-c2ccc(N3CCN(C)C(C)C3)cc2)c(=O)c2cccc(-c3ccc(C#N)cc3)c12. The number of benzene rings is 3. The molecule has 1 saturated heterocycles. The number of fused-ring (bicyclic) bond motifs is 1. The third-order valence-electron chi connectivity index (χ3n) is 7.01. The molecule has 3 aromatic carbocycles. The van der Waals surface area contributed by atoms with Crippen LogP contribution in [0.3, 0.4) is 0 Å². The van der Waals surface area contributed by atoms with E-state index in [9.17, 15) is 4.79 Å². The first kappa shape index (κ1) is 21.9. The van der Waals surface area contributed by atoms with Crippen molar-refractivity contribution < 1.29 is 0 Å². The maximum absolute atomic E-state index is 13.5. The van der Waals surface area contributed by atoms with Crippen molar-refractivity contribution in [2.45, 2.75) is 19.9 Å². The lowest BCUT2D eigenvalue weighted by Crippen LogP contribution is -2.50. The Labute approximate surface area is 200 Å². The third-order valence-corrected chi connectivity index (χ3v) is 7.01. The van der Waals surface area contributed by atoms with Crippen molar-refractivity contribution in [2.24, 2.45) is 0 Å². The fraction of sp³-hybridized carbons (Fsp3) is 0.241. The number of nitrogens with zero attached hydrogens (tertiary/aromatic N) is 4. The normalized spacial score (nSPS) is 16.5. The first-order valence-corrected chi connectivity index (χ1v) is 11.7. The monoisotopic (exact) mass is 448 g/mol. The Kier molecular flexibility index (Phi) is 5.69. The zero-order valence-electron chi connectivity index (χ0n) is 19.8. The molecule has 5 rings (SSSR count). The van der Waals surface area contributed by atoms with Gasteiger partial charge in [0.05, 0.1) is 11.6 Å². The second kappa shape index (κ2) is 8.81. The van der Waals surface area contributed by atoms with Crippen LogP contribution in [0.1, 0.15) is 18.1 Å². The molecule has 1 aromatic heterocycles. The summed E-state index contributed by atoms with van der Waals surface area (Å²) in [6, 6.07) is 24.4. The standard InChI is InChI=1S/C29H28N4O/c1-20-18-33(25-13-11-24(12-14-25)32-16-15-31(3)21(2)19-32)29(34)27-6-4-5-26(28(20)27)23-9-7-22(17-30)8-10-23/h4-14,18,21H,15-16,19H2,1-3H3. The summed E-state index contributed by atoms with van der Waals surface area (Å²) in [7, 11) is 2.17. The number of hydrogen-bond acceptors (Lipinski definition) is 4. The summed E-state index contributed by atoms with van der Waals surface area (Å²) in [5.41, 5.74) is 5.68. The van der Waals surface area contributed by atoms with Gasteiger partial charge in [0.1, 0.15) is 0 Å². The van der Waals surface area contributed by atoms with Crippen LogP contribution in [0.4, 0.5) is 5.69 Å². The second-order valence-electron chi connectivity index (χ2n) is 9.20. The van der Waals surface area contributed by atoms with Crippen LogP contribution in [0.25, 0.3) is 27.6 Å². The van der Waals surface area contributed by atoms with Crippen LogP contribution >= 0.6 is 0 Å². The van der Waals surface area contributed by atoms with E-state index in [1.54, 1.807) is 4.57 Å². The van der Waals surface area contributed by atoms with Crippen LogP contribution in [-0.2, 0) is 0 Å². The molecule has 1 atom stereocenters. The van der Waals surface area contributed by atoms with Gasteiger partial charge < -0.3 is 9.80 Å². The highest BCUT2D eigenvalue weighted by Gasteiger charge is 2.21. The minimum absolute atomic E-state index is 0.0305. The van der Waals surface area contributed by atoms with Crippen LogP contribution in [0.15, 0.2) is 77.7 Å². The molecule has 5 nitrogen and oxygen atoms in total. The topological polar surface area (TPSA) is 52.3 Å². The molecular formula is C29H28N4O. The number of hydrogen-bond donors (Lipinski definition) is 0. The molecule has 0 bridgehead atoms. The third kappa shape index (κ3) is 3.87. The van der Waals surface area contributed by atoms with Gasteiger partial charge in [0, 0.05) is 48.6 Å². The highest BCUT2D eigenvalue weighted by molar-refractivity contribution is 5.98. The summed E-state index contributed by atoms with van der Waals surface area (Å²) in [6.45, 7) is 7.36. The van der Waals surface area contributed by atoms with Gasteiger partial charge in [-0.2, -0.15) is 5.26 Å². The van der Waals surface area contributed by atoms with E-state index in [1.807, 2.05) is 67.7 Å². The molecule has 1 unspecified atom stereocenters. The molecule has 4 aromatic rings. The molecule has 0 saturated carbocycles. The molecular weight excluding hydrogens is 420 g/mol. The van der Waals surface area contributed by atoms with Gasteiger partial charge in [-0.05, 0) is 85.4 Å². The predicted molar refractivity (Wildman–Crippen MR) is 139 cm³/mol. The highest BCUT2D eigenvalue weighted by Crippen LogP contribution is 2.30. The Morgan fingerprint density at radius 2 is 1.65 bits per heavy atom. The Balaban J connectivity index is 1.53. The van der Waals surface area contributed by atoms with Crippen LogP contribution in [0, 0.1) is 18.3 Å². The van der Waals surface area contributed by atoms with Gasteiger partial charge in [-0.15, -0.1) is 0 Å². The molecule has 0 aliphatic carbocycles. The van der Waals surface area contributed by atoms with Crippen molar-refractivity contribution >= 4 is 16.5 Å². The van der Waals surface area contributed by atoms with E-state index in [0.29, 0.717) is 17.0 Å². The quantitative estimate of drug-likeness (QED) is 0.444. The van der Waals surface area contributed by atoms with Crippen molar-refractivity contribution in [3.8, 4) is 22.9 Å². The summed E-state index contributed by atoms with van der Waals surface area (Å²) < 4.78 is 1.75. The molecule has 0 N–H and O–H groups in total. The molecule has 34 heavy (non-hydrogen) atoms. The van der Waals surface area contributed by atoms with Crippen molar-refractivity contribution in [3.63, 3.8) is 0 Å². The maximum Gasteiger partial charge on any atom is 0.262 e. The average Bonchev–Trinajstić information content (AvgIpc) is 2.87. The number of nitriles is 1. The number of likely N-dealkylation sites (N-methyl/N-ethyl adjacent to an activating group) is 1. The van der Waals surface area contributed by atoms with E-state index >= 15 is 0 Å². The van der Waals surface area contributed by atoms with Gasteiger partial charge in [0.15, 0.2) is 0 Å². The molecule has 1 aliphatic rings. The summed E-state index contributed by atoms with van der Waals surface area (Å²) >= 11 is 0. The van der Waals surface area contributed by atoms with E-state index in [-0.39, 0.29) is 5.56 Å². The van der Waals surface area contributed by atoms with Gasteiger partial charge in [-0.3, -0.25) is 9.36 Å². The lowest BCUT2D eigenvalue weighted by Gasteiger charge is -2.39. The van der Waals surface area contributed by atoms with Crippen LogP contribution in [0.5, 0.6) is 0 Å². The molecule has 5 heteroatoms. The number of piperazine rings is 1. The summed E-state index contributed by atoms with van der Waals surface area (Å²) in [4.78, 5) is 18.3. The number of rotatable bonds is 3. The fourth-order valence-corrected chi connectivity index (χ4v) is 4.87. The Morgan fingerprint density at radius 3 is 2.32 bits per heavy atom. The molecule has 1 aliphatic heterocycles. The first-order valence-electron chi connectivity index (χ1n) is 11.7. The van der Waals surface area contributed by atoms with Crippen molar-refractivity contribution in [1.29, 1.82) is 5.26 Å². The average molecular weight is 449 g/mol.